The molecule has 17 heavy (non-hydrogen) atoms. The van der Waals surface area contributed by atoms with Crippen LogP contribution in [0.25, 0.3) is 0 Å². The van der Waals surface area contributed by atoms with E-state index in [0.717, 1.165) is 12.3 Å². The van der Waals surface area contributed by atoms with Gasteiger partial charge in [-0.25, -0.2) is 14.2 Å². The summed E-state index contributed by atoms with van der Waals surface area (Å²) >= 11 is 0. The first-order chi connectivity index (χ1) is 8.10. The third-order valence-electron chi connectivity index (χ3n) is 2.08. The zero-order valence-corrected chi connectivity index (χ0v) is 9.14. The molecule has 0 atom stereocenters. The Bertz CT molecular complexity index is 423. The molecule has 1 aromatic rings. The Balaban J connectivity index is 3.16. The molecule has 0 aliphatic heterocycles. The molecule has 1 heterocycles. The number of aliphatic hydroxyl groups excluding tert-OH is 1. The number of anilines is 1. The maximum absolute atomic E-state index is 12.9. The van der Waals surface area contributed by atoms with Crippen molar-refractivity contribution in [1.82, 2.24) is 4.98 Å². The topological polar surface area (TPSA) is 73.7 Å². The van der Waals surface area contributed by atoms with Crippen LogP contribution in [0, 0.1) is 5.82 Å². The number of pyridine rings is 1. The van der Waals surface area contributed by atoms with Gasteiger partial charge in [0.2, 0.25) is 0 Å². The van der Waals surface area contributed by atoms with E-state index >= 15 is 0 Å². The predicted octanol–water partition coefficient (Wildman–Crippen LogP) is 0.904. The summed E-state index contributed by atoms with van der Waals surface area (Å²) in [5, 5.41) is 17.8. The van der Waals surface area contributed by atoms with Gasteiger partial charge < -0.3 is 15.1 Å². The molecule has 5 nitrogen and oxygen atoms in total. The van der Waals surface area contributed by atoms with Gasteiger partial charge >= 0.3 is 5.97 Å². The number of carboxylic acids is 1. The Morgan fingerprint density at radius 1 is 1.65 bits per heavy atom. The van der Waals surface area contributed by atoms with Crippen LogP contribution in [-0.2, 0) is 0 Å². The van der Waals surface area contributed by atoms with Crippen molar-refractivity contribution in [3.8, 4) is 0 Å². The standard InChI is InChI=1S/C11H13FN2O3/c1-2-3-14(4-5-15)10-9(11(16)17)6-8(12)7-13-10/h2,6-7,15H,1,3-5H2,(H,16,17). The highest BCUT2D eigenvalue weighted by Crippen LogP contribution is 2.18. The number of carbonyl (C=O) groups is 1. The minimum atomic E-state index is -1.26. The fraction of sp³-hybridized carbons (Fsp3) is 0.273. The zero-order chi connectivity index (χ0) is 12.8. The van der Waals surface area contributed by atoms with Crippen molar-refractivity contribution in [2.75, 3.05) is 24.6 Å². The van der Waals surface area contributed by atoms with Crippen molar-refractivity contribution in [2.24, 2.45) is 0 Å². The quantitative estimate of drug-likeness (QED) is 0.723. The summed E-state index contributed by atoms with van der Waals surface area (Å²) < 4.78 is 12.9. The Hall–Kier alpha value is -1.95. The molecule has 0 radical (unpaired) electrons. The SMILES string of the molecule is C=CCN(CCO)c1ncc(F)cc1C(=O)O. The first-order valence-electron chi connectivity index (χ1n) is 4.95. The molecular formula is C11H13FN2O3. The first kappa shape index (κ1) is 13.1. The van der Waals surface area contributed by atoms with E-state index in [9.17, 15) is 9.18 Å². The highest BCUT2D eigenvalue weighted by molar-refractivity contribution is 5.93. The molecule has 0 spiro atoms. The van der Waals surface area contributed by atoms with Crippen LogP contribution in [0.3, 0.4) is 0 Å². The fourth-order valence-electron chi connectivity index (χ4n) is 1.40. The average Bonchev–Trinajstić information content (AvgIpc) is 2.28. The van der Waals surface area contributed by atoms with Gasteiger partial charge in [0, 0.05) is 13.1 Å². The Morgan fingerprint density at radius 2 is 2.35 bits per heavy atom. The number of rotatable bonds is 6. The summed E-state index contributed by atoms with van der Waals surface area (Å²) in [7, 11) is 0. The lowest BCUT2D eigenvalue weighted by molar-refractivity contribution is 0.0696. The van der Waals surface area contributed by atoms with Crippen LogP contribution in [0.2, 0.25) is 0 Å². The average molecular weight is 240 g/mol. The Morgan fingerprint density at radius 3 is 2.88 bits per heavy atom. The molecule has 0 saturated heterocycles. The van der Waals surface area contributed by atoms with Crippen molar-refractivity contribution in [3.05, 3.63) is 36.3 Å². The molecule has 0 unspecified atom stereocenters. The second-order valence-corrected chi connectivity index (χ2v) is 3.29. The van der Waals surface area contributed by atoms with E-state index in [1.807, 2.05) is 0 Å². The monoisotopic (exact) mass is 240 g/mol. The van der Waals surface area contributed by atoms with Crippen LogP contribution in [0.5, 0.6) is 0 Å². The smallest absolute Gasteiger partial charge is 0.339 e. The van der Waals surface area contributed by atoms with Gasteiger partial charge in [-0.3, -0.25) is 0 Å². The van der Waals surface area contributed by atoms with Crippen molar-refractivity contribution in [2.45, 2.75) is 0 Å². The van der Waals surface area contributed by atoms with Gasteiger partial charge in [0.1, 0.15) is 17.2 Å². The second-order valence-electron chi connectivity index (χ2n) is 3.29. The van der Waals surface area contributed by atoms with Crippen molar-refractivity contribution >= 4 is 11.8 Å². The molecule has 1 rings (SSSR count). The lowest BCUT2D eigenvalue weighted by Crippen LogP contribution is -2.29. The number of halogens is 1. The molecule has 92 valence electrons. The summed E-state index contributed by atoms with van der Waals surface area (Å²) in [6, 6.07) is 0.901. The number of hydrogen-bond donors (Lipinski definition) is 2. The summed E-state index contributed by atoms with van der Waals surface area (Å²) in [4.78, 5) is 16.2. The summed E-state index contributed by atoms with van der Waals surface area (Å²) in [5.74, 6) is -1.86. The van der Waals surface area contributed by atoms with Gasteiger partial charge in [0.15, 0.2) is 0 Å². The van der Waals surface area contributed by atoms with Crippen LogP contribution in [0.4, 0.5) is 10.2 Å². The van der Waals surface area contributed by atoms with Crippen molar-refractivity contribution in [1.29, 1.82) is 0 Å². The van der Waals surface area contributed by atoms with Gasteiger partial charge in [-0.05, 0) is 6.07 Å². The van der Waals surface area contributed by atoms with Gasteiger partial charge in [-0.2, -0.15) is 0 Å². The van der Waals surface area contributed by atoms with E-state index < -0.39 is 11.8 Å². The molecule has 0 aliphatic rings. The van der Waals surface area contributed by atoms with Crippen molar-refractivity contribution in [3.63, 3.8) is 0 Å². The number of aliphatic hydroxyl groups is 1. The minimum absolute atomic E-state index is 0.118. The zero-order valence-electron chi connectivity index (χ0n) is 9.14. The van der Waals surface area contributed by atoms with E-state index in [2.05, 4.69) is 11.6 Å². The van der Waals surface area contributed by atoms with Gasteiger partial charge in [-0.1, -0.05) is 6.08 Å². The largest absolute Gasteiger partial charge is 0.478 e. The van der Waals surface area contributed by atoms with Crippen LogP contribution >= 0.6 is 0 Å². The van der Waals surface area contributed by atoms with Crippen LogP contribution in [-0.4, -0.2) is 40.9 Å². The molecule has 0 bridgehead atoms. The third-order valence-corrected chi connectivity index (χ3v) is 2.08. The molecule has 0 saturated carbocycles. The third kappa shape index (κ3) is 3.25. The normalized spacial score (nSPS) is 10.0. The van der Waals surface area contributed by atoms with Crippen LogP contribution in [0.15, 0.2) is 24.9 Å². The first-order valence-corrected chi connectivity index (χ1v) is 4.95. The van der Waals surface area contributed by atoms with Gasteiger partial charge in [0.05, 0.1) is 12.8 Å². The molecule has 1 aromatic heterocycles. The molecule has 0 aliphatic carbocycles. The predicted molar refractivity (Wildman–Crippen MR) is 60.7 cm³/mol. The molecule has 0 aromatic carbocycles. The summed E-state index contributed by atoms with van der Waals surface area (Å²) in [5.41, 5.74) is -0.236. The maximum Gasteiger partial charge on any atom is 0.339 e. The Kier molecular flexibility index (Phi) is 4.59. The molecule has 6 heteroatoms. The highest BCUT2D eigenvalue weighted by Gasteiger charge is 2.17. The minimum Gasteiger partial charge on any atom is -0.478 e. The molecule has 0 fully saturated rings. The van der Waals surface area contributed by atoms with E-state index in [-0.39, 0.29) is 24.5 Å². The molecular weight excluding hydrogens is 227 g/mol. The van der Waals surface area contributed by atoms with E-state index in [1.54, 1.807) is 6.08 Å². The maximum atomic E-state index is 12.9. The van der Waals surface area contributed by atoms with Crippen LogP contribution in [0.1, 0.15) is 10.4 Å². The number of aromatic nitrogens is 1. The van der Waals surface area contributed by atoms with Gasteiger partial charge in [0.25, 0.3) is 0 Å². The summed E-state index contributed by atoms with van der Waals surface area (Å²) in [6.45, 7) is 3.89. The lowest BCUT2D eigenvalue weighted by Gasteiger charge is -2.22. The van der Waals surface area contributed by atoms with E-state index in [1.165, 1.54) is 4.90 Å². The number of nitrogens with zero attached hydrogens (tertiary/aromatic N) is 2. The molecule has 0 amide bonds. The number of carboxylic acid groups (broad SMARTS) is 1. The molecule has 2 N–H and O–H groups in total. The lowest BCUT2D eigenvalue weighted by atomic mass is 10.2. The van der Waals surface area contributed by atoms with Crippen molar-refractivity contribution < 1.29 is 19.4 Å². The Labute approximate surface area is 97.8 Å². The second kappa shape index (κ2) is 5.95. The fourth-order valence-corrected chi connectivity index (χ4v) is 1.40. The van der Waals surface area contributed by atoms with Crippen LogP contribution < -0.4 is 4.90 Å². The summed E-state index contributed by atoms with van der Waals surface area (Å²) in [6.07, 6.45) is 2.49. The number of aromatic carboxylic acids is 1. The van der Waals surface area contributed by atoms with E-state index in [4.69, 9.17) is 10.2 Å². The van der Waals surface area contributed by atoms with E-state index in [0.29, 0.717) is 6.54 Å². The van der Waals surface area contributed by atoms with Gasteiger partial charge in [-0.15, -0.1) is 6.58 Å². The number of hydrogen-bond acceptors (Lipinski definition) is 4. The highest BCUT2D eigenvalue weighted by atomic mass is 19.1.